The van der Waals surface area contributed by atoms with Crippen LogP contribution in [0.25, 0.3) is 0 Å². The van der Waals surface area contributed by atoms with Crippen LogP contribution in [0.15, 0.2) is 30.3 Å². The van der Waals surface area contributed by atoms with Gasteiger partial charge >= 0.3 is 12.1 Å². The van der Waals surface area contributed by atoms with Gasteiger partial charge in [0.2, 0.25) is 0 Å². The molecule has 5 N–H and O–H groups in total. The van der Waals surface area contributed by atoms with Crippen LogP contribution in [0.2, 0.25) is 0 Å². The standard InChI is InChI=1S/C13H19N3O3/c1-2-16(12(15)17)13(18)19-9-11(14)8-10-6-4-3-5-7-10/h3-7,11H,2,8-9,14H2,1H3,(H2,15,17)/p+1/t11-/m1/s1. The molecule has 1 rings (SSSR count). The molecule has 0 aliphatic rings. The monoisotopic (exact) mass is 266 g/mol. The Morgan fingerprint density at radius 1 is 1.37 bits per heavy atom. The molecule has 0 saturated heterocycles. The van der Waals surface area contributed by atoms with Gasteiger partial charge in [0.25, 0.3) is 0 Å². The average Bonchev–Trinajstić information content (AvgIpc) is 2.38. The fourth-order valence-electron chi connectivity index (χ4n) is 1.65. The highest BCUT2D eigenvalue weighted by Crippen LogP contribution is 2.02. The van der Waals surface area contributed by atoms with Crippen molar-refractivity contribution in [3.63, 3.8) is 0 Å². The van der Waals surface area contributed by atoms with Crippen LogP contribution in [-0.2, 0) is 11.2 Å². The number of amides is 3. The van der Waals surface area contributed by atoms with Crippen molar-refractivity contribution < 1.29 is 20.1 Å². The van der Waals surface area contributed by atoms with Crippen LogP contribution in [0.3, 0.4) is 0 Å². The number of urea groups is 1. The van der Waals surface area contributed by atoms with Crippen LogP contribution in [0.4, 0.5) is 9.59 Å². The van der Waals surface area contributed by atoms with E-state index in [1.54, 1.807) is 6.92 Å². The molecule has 0 spiro atoms. The van der Waals surface area contributed by atoms with Gasteiger partial charge in [-0.2, -0.15) is 0 Å². The van der Waals surface area contributed by atoms with Gasteiger partial charge in [0.15, 0.2) is 0 Å². The number of nitrogens with two attached hydrogens (primary N) is 1. The molecule has 6 nitrogen and oxygen atoms in total. The number of carbonyl (C=O) groups is 2. The number of rotatable bonds is 5. The van der Waals surface area contributed by atoms with Crippen molar-refractivity contribution in [2.45, 2.75) is 19.4 Å². The molecule has 0 aliphatic carbocycles. The molecule has 1 aromatic rings. The molecule has 0 aromatic heterocycles. The lowest BCUT2D eigenvalue weighted by Gasteiger charge is -2.17. The van der Waals surface area contributed by atoms with Gasteiger partial charge in [-0.1, -0.05) is 30.3 Å². The number of hydrogen-bond donors (Lipinski definition) is 2. The number of primary amides is 1. The fraction of sp³-hybridized carbons (Fsp3) is 0.385. The first kappa shape index (κ1) is 15.0. The molecule has 0 unspecified atom stereocenters. The molecule has 0 radical (unpaired) electrons. The van der Waals surface area contributed by atoms with E-state index in [2.05, 4.69) is 5.73 Å². The van der Waals surface area contributed by atoms with E-state index in [-0.39, 0.29) is 19.2 Å². The third-order valence-corrected chi connectivity index (χ3v) is 2.61. The molecule has 0 fully saturated rings. The second-order valence-electron chi connectivity index (χ2n) is 4.22. The highest BCUT2D eigenvalue weighted by molar-refractivity contribution is 5.89. The SMILES string of the molecule is CCN(C(N)=O)C(=O)OC[C@H]([NH3+])Cc1ccccc1. The summed E-state index contributed by atoms with van der Waals surface area (Å²) in [5.41, 5.74) is 10.1. The van der Waals surface area contributed by atoms with Crippen molar-refractivity contribution in [2.75, 3.05) is 13.2 Å². The van der Waals surface area contributed by atoms with Gasteiger partial charge < -0.3 is 16.2 Å². The zero-order valence-corrected chi connectivity index (χ0v) is 11.0. The molecule has 104 valence electrons. The predicted molar refractivity (Wildman–Crippen MR) is 70.1 cm³/mol. The zero-order valence-electron chi connectivity index (χ0n) is 11.0. The topological polar surface area (TPSA) is 100 Å². The predicted octanol–water partition coefficient (Wildman–Crippen LogP) is 0.377. The summed E-state index contributed by atoms with van der Waals surface area (Å²) < 4.78 is 5.01. The van der Waals surface area contributed by atoms with Gasteiger partial charge in [0.1, 0.15) is 12.6 Å². The number of quaternary nitrogens is 1. The number of carbonyl (C=O) groups excluding carboxylic acids is 2. The molecule has 0 saturated carbocycles. The molecule has 1 aromatic carbocycles. The van der Waals surface area contributed by atoms with Crippen molar-refractivity contribution in [3.05, 3.63) is 35.9 Å². The molecular formula is C13H20N3O3+. The minimum atomic E-state index is -0.809. The summed E-state index contributed by atoms with van der Waals surface area (Å²) in [5, 5.41) is 0. The number of hydrogen-bond acceptors (Lipinski definition) is 3. The summed E-state index contributed by atoms with van der Waals surface area (Å²) in [7, 11) is 0. The number of imide groups is 1. The summed E-state index contributed by atoms with van der Waals surface area (Å²) in [6, 6.07) is 8.92. The van der Waals surface area contributed by atoms with Gasteiger partial charge in [0, 0.05) is 13.0 Å². The van der Waals surface area contributed by atoms with Crippen molar-refractivity contribution in [2.24, 2.45) is 5.73 Å². The van der Waals surface area contributed by atoms with E-state index in [4.69, 9.17) is 10.5 Å². The maximum Gasteiger partial charge on any atom is 0.418 e. The molecule has 0 bridgehead atoms. The third kappa shape index (κ3) is 4.97. The maximum atomic E-state index is 11.5. The molecular weight excluding hydrogens is 246 g/mol. The zero-order chi connectivity index (χ0) is 14.3. The van der Waals surface area contributed by atoms with E-state index in [9.17, 15) is 9.59 Å². The molecule has 19 heavy (non-hydrogen) atoms. The lowest BCUT2D eigenvalue weighted by Crippen LogP contribution is -2.64. The number of benzene rings is 1. The first-order chi connectivity index (χ1) is 9.04. The lowest BCUT2D eigenvalue weighted by molar-refractivity contribution is -0.424. The smallest absolute Gasteiger partial charge is 0.418 e. The van der Waals surface area contributed by atoms with E-state index >= 15 is 0 Å². The van der Waals surface area contributed by atoms with Crippen LogP contribution < -0.4 is 11.5 Å². The molecule has 1 atom stereocenters. The van der Waals surface area contributed by atoms with Crippen molar-refractivity contribution >= 4 is 12.1 Å². The summed E-state index contributed by atoms with van der Waals surface area (Å²) >= 11 is 0. The Labute approximate surface area is 112 Å². The molecule has 3 amide bonds. The Kier molecular flexibility index (Phi) is 5.81. The normalized spacial score (nSPS) is 11.7. The van der Waals surface area contributed by atoms with Crippen molar-refractivity contribution in [3.8, 4) is 0 Å². The van der Waals surface area contributed by atoms with E-state index in [1.807, 2.05) is 30.3 Å². The van der Waals surface area contributed by atoms with Crippen LogP contribution in [0, 0.1) is 0 Å². The first-order valence-electron chi connectivity index (χ1n) is 6.15. The van der Waals surface area contributed by atoms with Crippen molar-refractivity contribution in [1.82, 2.24) is 4.90 Å². The molecule has 6 heteroatoms. The van der Waals surface area contributed by atoms with Gasteiger partial charge in [-0.05, 0) is 12.5 Å². The van der Waals surface area contributed by atoms with Gasteiger partial charge in [-0.15, -0.1) is 0 Å². The van der Waals surface area contributed by atoms with Gasteiger partial charge in [0.05, 0.1) is 0 Å². The summed E-state index contributed by atoms with van der Waals surface area (Å²) in [6.45, 7) is 1.99. The van der Waals surface area contributed by atoms with E-state index < -0.39 is 12.1 Å². The van der Waals surface area contributed by atoms with E-state index in [0.29, 0.717) is 6.42 Å². The van der Waals surface area contributed by atoms with Crippen LogP contribution in [0.1, 0.15) is 12.5 Å². The maximum absolute atomic E-state index is 11.5. The lowest BCUT2D eigenvalue weighted by atomic mass is 10.1. The highest BCUT2D eigenvalue weighted by Gasteiger charge is 2.20. The Morgan fingerprint density at radius 3 is 2.53 bits per heavy atom. The Morgan fingerprint density at radius 2 is 2.00 bits per heavy atom. The minimum absolute atomic E-state index is 0.0714. The van der Waals surface area contributed by atoms with E-state index in [1.165, 1.54) is 0 Å². The third-order valence-electron chi connectivity index (χ3n) is 2.61. The van der Waals surface area contributed by atoms with Gasteiger partial charge in [-0.3, -0.25) is 0 Å². The number of nitrogens with zero attached hydrogens (tertiary/aromatic N) is 1. The first-order valence-corrected chi connectivity index (χ1v) is 6.15. The minimum Gasteiger partial charge on any atom is -0.443 e. The van der Waals surface area contributed by atoms with Crippen molar-refractivity contribution in [1.29, 1.82) is 0 Å². The largest absolute Gasteiger partial charge is 0.443 e. The Bertz CT molecular complexity index is 422. The molecule has 0 aliphatic heterocycles. The van der Waals surface area contributed by atoms with Crippen LogP contribution >= 0.6 is 0 Å². The average molecular weight is 266 g/mol. The number of ether oxygens (including phenoxy) is 1. The second kappa shape index (κ2) is 7.38. The summed E-state index contributed by atoms with van der Waals surface area (Å²) in [4.78, 5) is 23.3. The van der Waals surface area contributed by atoms with Crippen LogP contribution in [0.5, 0.6) is 0 Å². The second-order valence-corrected chi connectivity index (χ2v) is 4.22. The van der Waals surface area contributed by atoms with Crippen LogP contribution in [-0.4, -0.2) is 36.2 Å². The summed E-state index contributed by atoms with van der Waals surface area (Å²) in [5.74, 6) is 0. The fourth-order valence-corrected chi connectivity index (χ4v) is 1.65. The van der Waals surface area contributed by atoms with Gasteiger partial charge in [-0.25, -0.2) is 14.5 Å². The quantitative estimate of drug-likeness (QED) is 0.805. The van der Waals surface area contributed by atoms with E-state index in [0.717, 1.165) is 10.5 Å². The Balaban J connectivity index is 2.40. The molecule has 0 heterocycles. The highest BCUT2D eigenvalue weighted by atomic mass is 16.6. The Hall–Kier alpha value is -2.08. The summed E-state index contributed by atoms with van der Waals surface area (Å²) in [6.07, 6.45) is -0.0201.